The van der Waals surface area contributed by atoms with Crippen molar-refractivity contribution < 1.29 is 0 Å². The van der Waals surface area contributed by atoms with Crippen LogP contribution in [0.25, 0.3) is 0 Å². The molecule has 120 valence electrons. The number of hydrogen-bond donors (Lipinski definition) is 1. The summed E-state index contributed by atoms with van der Waals surface area (Å²) >= 11 is 0. The van der Waals surface area contributed by atoms with Crippen LogP contribution in [0.15, 0.2) is 24.3 Å². The molecule has 0 aromatic heterocycles. The number of unbranched alkanes of at least 4 members (excludes halogenated alkanes) is 1. The van der Waals surface area contributed by atoms with E-state index in [2.05, 4.69) is 69.1 Å². The van der Waals surface area contributed by atoms with E-state index in [1.165, 1.54) is 30.5 Å². The van der Waals surface area contributed by atoms with Gasteiger partial charge in [-0.2, -0.15) is 0 Å². The fourth-order valence-electron chi connectivity index (χ4n) is 2.38. The highest BCUT2D eigenvalue weighted by Crippen LogP contribution is 2.09. The highest BCUT2D eigenvalue weighted by molar-refractivity contribution is 5.22. The monoisotopic (exact) mass is 290 g/mol. The Hall–Kier alpha value is -0.860. The number of nitrogens with zero attached hydrogens (tertiary/aromatic N) is 1. The molecular weight excluding hydrogens is 256 g/mol. The van der Waals surface area contributed by atoms with Gasteiger partial charge >= 0.3 is 0 Å². The zero-order valence-corrected chi connectivity index (χ0v) is 14.7. The van der Waals surface area contributed by atoms with Gasteiger partial charge < -0.3 is 5.32 Å². The quantitative estimate of drug-likeness (QED) is 0.732. The first kappa shape index (κ1) is 18.2. The molecule has 0 spiro atoms. The van der Waals surface area contributed by atoms with Gasteiger partial charge in [0.1, 0.15) is 0 Å². The second kappa shape index (κ2) is 9.22. The molecule has 1 aromatic carbocycles. The van der Waals surface area contributed by atoms with Crippen molar-refractivity contribution in [3.05, 3.63) is 35.4 Å². The Labute approximate surface area is 131 Å². The molecule has 0 radical (unpaired) electrons. The molecule has 0 amide bonds. The second-order valence-electron chi connectivity index (χ2n) is 6.97. The summed E-state index contributed by atoms with van der Waals surface area (Å²) in [5.41, 5.74) is 3.06. The van der Waals surface area contributed by atoms with Gasteiger partial charge in [0.15, 0.2) is 0 Å². The van der Waals surface area contributed by atoms with E-state index in [0.29, 0.717) is 0 Å². The lowest BCUT2D eigenvalue weighted by atomic mass is 10.1. The Morgan fingerprint density at radius 2 is 1.62 bits per heavy atom. The van der Waals surface area contributed by atoms with Crippen LogP contribution in [0, 0.1) is 0 Å². The first-order valence-electron chi connectivity index (χ1n) is 8.49. The molecular formula is C19H34N2. The van der Waals surface area contributed by atoms with Gasteiger partial charge in [-0.25, -0.2) is 0 Å². The van der Waals surface area contributed by atoms with E-state index < -0.39 is 0 Å². The first-order chi connectivity index (χ1) is 9.94. The minimum Gasteiger partial charge on any atom is -0.312 e. The predicted octanol–water partition coefficient (Wildman–Crippen LogP) is 4.24. The summed E-state index contributed by atoms with van der Waals surface area (Å²) in [6.07, 6.45) is 3.67. The average Bonchev–Trinajstić information content (AvgIpc) is 2.43. The lowest BCUT2D eigenvalue weighted by Crippen LogP contribution is -2.37. The van der Waals surface area contributed by atoms with Crippen LogP contribution in [-0.2, 0) is 13.0 Å². The SMILES string of the molecule is CCCCN(CC)Cc1ccc(CCNC(C)(C)C)cc1. The molecule has 21 heavy (non-hydrogen) atoms. The number of rotatable bonds is 9. The predicted molar refractivity (Wildman–Crippen MR) is 93.8 cm³/mol. The molecule has 0 aliphatic carbocycles. The van der Waals surface area contributed by atoms with Crippen molar-refractivity contribution in [1.29, 1.82) is 0 Å². The summed E-state index contributed by atoms with van der Waals surface area (Å²) in [7, 11) is 0. The van der Waals surface area contributed by atoms with Crippen LogP contribution in [0.5, 0.6) is 0 Å². The fraction of sp³-hybridized carbons (Fsp3) is 0.684. The molecule has 1 rings (SSSR count). The highest BCUT2D eigenvalue weighted by atomic mass is 15.1. The van der Waals surface area contributed by atoms with Crippen LogP contribution in [0.1, 0.15) is 58.6 Å². The molecule has 0 atom stereocenters. The van der Waals surface area contributed by atoms with Crippen molar-refractivity contribution in [2.24, 2.45) is 0 Å². The Balaban J connectivity index is 2.42. The number of hydrogen-bond acceptors (Lipinski definition) is 2. The largest absolute Gasteiger partial charge is 0.312 e. The van der Waals surface area contributed by atoms with Crippen LogP contribution in [0.2, 0.25) is 0 Å². The average molecular weight is 290 g/mol. The van der Waals surface area contributed by atoms with Crippen molar-refractivity contribution >= 4 is 0 Å². The molecule has 1 aromatic rings. The smallest absolute Gasteiger partial charge is 0.0233 e. The fourth-order valence-corrected chi connectivity index (χ4v) is 2.38. The topological polar surface area (TPSA) is 15.3 Å². The van der Waals surface area contributed by atoms with Crippen molar-refractivity contribution in [2.45, 2.75) is 66.0 Å². The number of nitrogens with one attached hydrogen (secondary N) is 1. The van der Waals surface area contributed by atoms with Crippen LogP contribution in [0.4, 0.5) is 0 Å². The summed E-state index contributed by atoms with van der Waals surface area (Å²) in [5, 5.41) is 3.54. The highest BCUT2D eigenvalue weighted by Gasteiger charge is 2.08. The molecule has 0 aliphatic rings. The van der Waals surface area contributed by atoms with Crippen molar-refractivity contribution in [2.75, 3.05) is 19.6 Å². The maximum atomic E-state index is 3.54. The van der Waals surface area contributed by atoms with Gasteiger partial charge in [0, 0.05) is 12.1 Å². The molecule has 0 aliphatic heterocycles. The van der Waals surface area contributed by atoms with Crippen LogP contribution < -0.4 is 5.32 Å². The van der Waals surface area contributed by atoms with E-state index in [0.717, 1.165) is 26.1 Å². The van der Waals surface area contributed by atoms with E-state index in [1.54, 1.807) is 0 Å². The Kier molecular flexibility index (Phi) is 7.98. The lowest BCUT2D eigenvalue weighted by molar-refractivity contribution is 0.275. The van der Waals surface area contributed by atoms with Crippen molar-refractivity contribution in [1.82, 2.24) is 10.2 Å². The van der Waals surface area contributed by atoms with Crippen molar-refractivity contribution in [3.63, 3.8) is 0 Å². The van der Waals surface area contributed by atoms with Crippen LogP contribution in [0.3, 0.4) is 0 Å². The van der Waals surface area contributed by atoms with E-state index in [4.69, 9.17) is 0 Å². The molecule has 0 saturated heterocycles. The minimum absolute atomic E-state index is 0.209. The lowest BCUT2D eigenvalue weighted by Gasteiger charge is -2.21. The van der Waals surface area contributed by atoms with E-state index in [-0.39, 0.29) is 5.54 Å². The van der Waals surface area contributed by atoms with E-state index in [9.17, 15) is 0 Å². The number of benzene rings is 1. The molecule has 1 N–H and O–H groups in total. The van der Waals surface area contributed by atoms with Gasteiger partial charge in [-0.05, 0) is 64.4 Å². The molecule has 0 fully saturated rings. The molecule has 0 unspecified atom stereocenters. The summed E-state index contributed by atoms with van der Waals surface area (Å²) in [5.74, 6) is 0. The normalized spacial score (nSPS) is 12.1. The van der Waals surface area contributed by atoms with Crippen molar-refractivity contribution in [3.8, 4) is 0 Å². The summed E-state index contributed by atoms with van der Waals surface area (Å²) in [6.45, 7) is 15.6. The van der Waals surface area contributed by atoms with Crippen LogP contribution >= 0.6 is 0 Å². The zero-order chi connectivity index (χ0) is 15.7. The Bertz CT molecular complexity index is 376. The molecule has 0 heterocycles. The second-order valence-corrected chi connectivity index (χ2v) is 6.97. The van der Waals surface area contributed by atoms with Gasteiger partial charge in [-0.3, -0.25) is 4.90 Å². The summed E-state index contributed by atoms with van der Waals surface area (Å²) < 4.78 is 0. The Morgan fingerprint density at radius 3 is 2.14 bits per heavy atom. The van der Waals surface area contributed by atoms with E-state index in [1.807, 2.05) is 0 Å². The maximum Gasteiger partial charge on any atom is 0.0233 e. The minimum atomic E-state index is 0.209. The molecule has 0 bridgehead atoms. The third-order valence-electron chi connectivity index (χ3n) is 3.77. The molecule has 0 saturated carbocycles. The molecule has 2 nitrogen and oxygen atoms in total. The zero-order valence-electron chi connectivity index (χ0n) is 14.7. The maximum absolute atomic E-state index is 3.54. The third kappa shape index (κ3) is 8.23. The third-order valence-corrected chi connectivity index (χ3v) is 3.77. The standard InChI is InChI=1S/C19H34N2/c1-6-8-15-21(7-2)16-18-11-9-17(10-12-18)13-14-20-19(3,4)5/h9-12,20H,6-8,13-16H2,1-5H3. The van der Waals surface area contributed by atoms with Gasteiger partial charge in [0.25, 0.3) is 0 Å². The van der Waals surface area contributed by atoms with Gasteiger partial charge in [0.2, 0.25) is 0 Å². The summed E-state index contributed by atoms with van der Waals surface area (Å²) in [6, 6.07) is 9.16. The van der Waals surface area contributed by atoms with Gasteiger partial charge in [-0.15, -0.1) is 0 Å². The van der Waals surface area contributed by atoms with E-state index >= 15 is 0 Å². The molecule has 2 heteroatoms. The Morgan fingerprint density at radius 1 is 1.00 bits per heavy atom. The van der Waals surface area contributed by atoms with Gasteiger partial charge in [-0.1, -0.05) is 44.5 Å². The van der Waals surface area contributed by atoms with Gasteiger partial charge in [0.05, 0.1) is 0 Å². The van der Waals surface area contributed by atoms with Crippen LogP contribution in [-0.4, -0.2) is 30.1 Å². The first-order valence-corrected chi connectivity index (χ1v) is 8.49. The summed E-state index contributed by atoms with van der Waals surface area (Å²) in [4.78, 5) is 2.53.